The lowest BCUT2D eigenvalue weighted by atomic mass is 10.1. The van der Waals surface area contributed by atoms with Crippen molar-refractivity contribution in [1.29, 1.82) is 0 Å². The predicted octanol–water partition coefficient (Wildman–Crippen LogP) is 1.68. The van der Waals surface area contributed by atoms with Crippen molar-refractivity contribution < 1.29 is 4.79 Å². The zero-order valence-electron chi connectivity index (χ0n) is 6.74. The summed E-state index contributed by atoms with van der Waals surface area (Å²) in [7, 11) is 0. The van der Waals surface area contributed by atoms with E-state index < -0.39 is 0 Å². The number of hydrogen-bond acceptors (Lipinski definition) is 3. The van der Waals surface area contributed by atoms with Crippen molar-refractivity contribution in [2.75, 3.05) is 0 Å². The van der Waals surface area contributed by atoms with E-state index in [0.29, 0.717) is 12.0 Å². The summed E-state index contributed by atoms with van der Waals surface area (Å²) in [6.45, 7) is 1.88. The van der Waals surface area contributed by atoms with Gasteiger partial charge in [0, 0.05) is 24.5 Å². The van der Waals surface area contributed by atoms with Crippen molar-refractivity contribution in [3.63, 3.8) is 0 Å². The molecular weight excluding hydrogens is 152 g/mol. The van der Waals surface area contributed by atoms with E-state index in [1.807, 2.05) is 13.0 Å². The van der Waals surface area contributed by atoms with E-state index in [1.165, 1.54) is 0 Å². The molecule has 0 amide bonds. The molecule has 0 unspecified atom stereocenters. The van der Waals surface area contributed by atoms with Crippen LogP contribution in [0.1, 0.15) is 22.5 Å². The standard InChI is InChI=1S/C9H8N2O/c1-6-4-8-7(5-11-6)9(12)2-3-10-8/h3-5H,2H2,1H3. The minimum Gasteiger partial charge on any atom is -0.294 e. The first-order valence-electron chi connectivity index (χ1n) is 3.80. The molecule has 0 spiro atoms. The lowest BCUT2D eigenvalue weighted by Gasteiger charge is -2.07. The molecule has 3 heteroatoms. The molecule has 1 aromatic heterocycles. The molecular formula is C9H8N2O. The minimum absolute atomic E-state index is 0.104. The highest BCUT2D eigenvalue weighted by molar-refractivity contribution is 6.09. The van der Waals surface area contributed by atoms with Gasteiger partial charge in [-0.3, -0.25) is 14.8 Å². The van der Waals surface area contributed by atoms with Gasteiger partial charge in [0.15, 0.2) is 5.78 Å². The molecule has 0 fully saturated rings. The van der Waals surface area contributed by atoms with Gasteiger partial charge in [0.05, 0.1) is 11.3 Å². The van der Waals surface area contributed by atoms with E-state index >= 15 is 0 Å². The van der Waals surface area contributed by atoms with E-state index in [-0.39, 0.29) is 5.78 Å². The third kappa shape index (κ3) is 1.03. The van der Waals surface area contributed by atoms with Gasteiger partial charge < -0.3 is 0 Å². The number of carbonyl (C=O) groups is 1. The number of ketones is 1. The number of Topliss-reactive ketones (excluding diaryl/α,β-unsaturated/α-hetero) is 1. The average molecular weight is 160 g/mol. The molecule has 0 radical (unpaired) electrons. The summed E-state index contributed by atoms with van der Waals surface area (Å²) in [5.74, 6) is 0.104. The quantitative estimate of drug-likeness (QED) is 0.579. The normalized spacial score (nSPS) is 14.6. The van der Waals surface area contributed by atoms with Crippen LogP contribution in [0.25, 0.3) is 0 Å². The fourth-order valence-corrected chi connectivity index (χ4v) is 1.20. The van der Waals surface area contributed by atoms with Gasteiger partial charge in [-0.2, -0.15) is 0 Å². The second-order valence-corrected chi connectivity index (χ2v) is 2.78. The van der Waals surface area contributed by atoms with Crippen LogP contribution in [0, 0.1) is 6.92 Å². The predicted molar refractivity (Wildman–Crippen MR) is 46.1 cm³/mol. The first kappa shape index (κ1) is 7.16. The Hall–Kier alpha value is -1.51. The summed E-state index contributed by atoms with van der Waals surface area (Å²) in [5.41, 5.74) is 2.28. The molecule has 2 heterocycles. The average Bonchev–Trinajstić information content (AvgIpc) is 2.04. The van der Waals surface area contributed by atoms with Crippen molar-refractivity contribution in [1.82, 2.24) is 4.98 Å². The van der Waals surface area contributed by atoms with Gasteiger partial charge in [0.25, 0.3) is 0 Å². The molecule has 3 nitrogen and oxygen atoms in total. The molecule has 1 aliphatic heterocycles. The molecule has 0 saturated carbocycles. The van der Waals surface area contributed by atoms with Crippen molar-refractivity contribution in [3.05, 3.63) is 23.5 Å². The van der Waals surface area contributed by atoms with Gasteiger partial charge >= 0.3 is 0 Å². The van der Waals surface area contributed by atoms with Crippen LogP contribution in [0.2, 0.25) is 0 Å². The Morgan fingerprint density at radius 2 is 2.33 bits per heavy atom. The van der Waals surface area contributed by atoms with E-state index in [1.54, 1.807) is 12.4 Å². The molecule has 60 valence electrons. The van der Waals surface area contributed by atoms with Crippen LogP contribution in [-0.2, 0) is 0 Å². The molecule has 0 aliphatic carbocycles. The molecule has 0 N–H and O–H groups in total. The number of aryl methyl sites for hydroxylation is 1. The second-order valence-electron chi connectivity index (χ2n) is 2.78. The third-order valence-electron chi connectivity index (χ3n) is 1.83. The van der Waals surface area contributed by atoms with Crippen LogP contribution in [0.3, 0.4) is 0 Å². The molecule has 0 atom stereocenters. The van der Waals surface area contributed by atoms with Gasteiger partial charge in [0.1, 0.15) is 0 Å². The molecule has 1 aromatic rings. The zero-order valence-corrected chi connectivity index (χ0v) is 6.74. The number of aromatic nitrogens is 1. The lowest BCUT2D eigenvalue weighted by molar-refractivity contribution is 0.100. The molecule has 0 aromatic carbocycles. The van der Waals surface area contributed by atoms with Gasteiger partial charge in [-0.25, -0.2) is 0 Å². The Morgan fingerprint density at radius 3 is 3.17 bits per heavy atom. The molecule has 0 saturated heterocycles. The first-order chi connectivity index (χ1) is 5.77. The monoisotopic (exact) mass is 160 g/mol. The van der Waals surface area contributed by atoms with Crippen LogP contribution in [-0.4, -0.2) is 17.0 Å². The van der Waals surface area contributed by atoms with Gasteiger partial charge in [0.2, 0.25) is 0 Å². The van der Waals surface area contributed by atoms with Gasteiger partial charge in [-0.15, -0.1) is 0 Å². The number of rotatable bonds is 0. The maximum atomic E-state index is 11.3. The number of pyridine rings is 1. The van der Waals surface area contributed by atoms with Crippen LogP contribution >= 0.6 is 0 Å². The number of carbonyl (C=O) groups excluding carboxylic acids is 1. The van der Waals surface area contributed by atoms with Crippen LogP contribution in [0.4, 0.5) is 5.69 Å². The van der Waals surface area contributed by atoms with Gasteiger partial charge in [-0.1, -0.05) is 0 Å². The highest BCUT2D eigenvalue weighted by atomic mass is 16.1. The Morgan fingerprint density at radius 1 is 1.50 bits per heavy atom. The minimum atomic E-state index is 0.104. The van der Waals surface area contributed by atoms with E-state index in [9.17, 15) is 4.79 Å². The summed E-state index contributed by atoms with van der Waals surface area (Å²) in [5, 5.41) is 0. The number of nitrogens with zero attached hydrogens (tertiary/aromatic N) is 2. The Bertz CT molecular complexity index is 369. The molecule has 1 aliphatic rings. The SMILES string of the molecule is Cc1cc2c(cn1)C(=O)CC=N2. The van der Waals surface area contributed by atoms with E-state index in [4.69, 9.17) is 0 Å². The van der Waals surface area contributed by atoms with E-state index in [0.717, 1.165) is 11.4 Å². The van der Waals surface area contributed by atoms with Crippen molar-refractivity contribution in [2.45, 2.75) is 13.3 Å². The van der Waals surface area contributed by atoms with Crippen LogP contribution < -0.4 is 0 Å². The number of hydrogen-bond donors (Lipinski definition) is 0. The maximum absolute atomic E-state index is 11.3. The summed E-state index contributed by atoms with van der Waals surface area (Å²) in [4.78, 5) is 19.4. The Kier molecular flexibility index (Phi) is 1.50. The fourth-order valence-electron chi connectivity index (χ4n) is 1.20. The maximum Gasteiger partial charge on any atom is 0.171 e. The van der Waals surface area contributed by atoms with Crippen molar-refractivity contribution in [3.8, 4) is 0 Å². The van der Waals surface area contributed by atoms with Crippen LogP contribution in [0.15, 0.2) is 17.3 Å². The topological polar surface area (TPSA) is 42.3 Å². The summed E-state index contributed by atoms with van der Waals surface area (Å²) < 4.78 is 0. The number of aliphatic imine (C=N–C) groups is 1. The van der Waals surface area contributed by atoms with Crippen molar-refractivity contribution in [2.24, 2.45) is 4.99 Å². The smallest absolute Gasteiger partial charge is 0.171 e. The largest absolute Gasteiger partial charge is 0.294 e. The highest BCUT2D eigenvalue weighted by Gasteiger charge is 2.13. The highest BCUT2D eigenvalue weighted by Crippen LogP contribution is 2.23. The van der Waals surface area contributed by atoms with E-state index in [2.05, 4.69) is 9.98 Å². The second kappa shape index (κ2) is 2.52. The number of fused-ring (bicyclic) bond motifs is 1. The molecule has 12 heavy (non-hydrogen) atoms. The fraction of sp³-hybridized carbons (Fsp3) is 0.222. The van der Waals surface area contributed by atoms with Crippen molar-refractivity contribution >= 4 is 17.7 Å². The zero-order chi connectivity index (χ0) is 8.55. The Balaban J connectivity index is 2.62. The molecule has 0 bridgehead atoms. The Labute approximate surface area is 70.2 Å². The van der Waals surface area contributed by atoms with Gasteiger partial charge in [-0.05, 0) is 13.0 Å². The first-order valence-corrected chi connectivity index (χ1v) is 3.80. The van der Waals surface area contributed by atoms with Crippen LogP contribution in [0.5, 0.6) is 0 Å². The molecule has 2 rings (SSSR count). The summed E-state index contributed by atoms with van der Waals surface area (Å²) in [6, 6.07) is 1.82. The lowest BCUT2D eigenvalue weighted by Crippen LogP contribution is -2.05. The summed E-state index contributed by atoms with van der Waals surface area (Å²) in [6.07, 6.45) is 3.64. The summed E-state index contributed by atoms with van der Waals surface area (Å²) >= 11 is 0. The third-order valence-corrected chi connectivity index (χ3v) is 1.83.